The monoisotopic (exact) mass is 421 g/mol. The molecule has 1 aromatic carbocycles. The summed E-state index contributed by atoms with van der Waals surface area (Å²) in [5.74, 6) is 0.992. The number of benzene rings is 1. The zero-order valence-electron chi connectivity index (χ0n) is 18.0. The van der Waals surface area contributed by atoms with Crippen molar-refractivity contribution in [3.8, 4) is 5.88 Å². The maximum absolute atomic E-state index is 13.8. The van der Waals surface area contributed by atoms with E-state index in [9.17, 15) is 9.18 Å². The summed E-state index contributed by atoms with van der Waals surface area (Å²) in [4.78, 5) is 21.2. The largest absolute Gasteiger partial charge is 0.481 e. The molecule has 0 spiro atoms. The number of rotatable bonds is 6. The number of fused-ring (bicyclic) bond motifs is 1. The molecule has 1 N–H and O–H groups in total. The Morgan fingerprint density at radius 1 is 1.16 bits per heavy atom. The van der Waals surface area contributed by atoms with Gasteiger partial charge in [-0.1, -0.05) is 6.92 Å². The van der Waals surface area contributed by atoms with Crippen LogP contribution in [0.3, 0.4) is 0 Å². The van der Waals surface area contributed by atoms with Crippen molar-refractivity contribution in [2.45, 2.75) is 51.0 Å². The van der Waals surface area contributed by atoms with Gasteiger partial charge in [0, 0.05) is 29.9 Å². The third-order valence-electron chi connectivity index (χ3n) is 6.48. The number of pyridine rings is 2. The summed E-state index contributed by atoms with van der Waals surface area (Å²) in [6.45, 7) is 2.11. The number of amides is 1. The molecule has 1 saturated carbocycles. The molecule has 0 aliphatic heterocycles. The van der Waals surface area contributed by atoms with Gasteiger partial charge < -0.3 is 10.1 Å². The molecule has 31 heavy (non-hydrogen) atoms. The average molecular weight is 422 g/mol. The van der Waals surface area contributed by atoms with E-state index in [1.54, 1.807) is 37.6 Å². The van der Waals surface area contributed by atoms with Crippen molar-refractivity contribution in [3.63, 3.8) is 0 Å². The maximum Gasteiger partial charge on any atom is 0.253 e. The Bertz CT molecular complexity index is 1050. The average Bonchev–Trinajstić information content (AvgIpc) is 2.82. The van der Waals surface area contributed by atoms with E-state index in [4.69, 9.17) is 4.74 Å². The number of aromatic nitrogens is 2. The van der Waals surface area contributed by atoms with E-state index in [0.717, 1.165) is 43.0 Å². The van der Waals surface area contributed by atoms with Crippen LogP contribution < -0.4 is 10.1 Å². The third kappa shape index (κ3) is 4.68. The lowest BCUT2D eigenvalue weighted by Crippen LogP contribution is -2.41. The van der Waals surface area contributed by atoms with E-state index >= 15 is 0 Å². The number of methoxy groups -OCH3 is 1. The van der Waals surface area contributed by atoms with E-state index in [1.165, 1.54) is 11.6 Å². The number of carbonyl (C=O) groups excluding carboxylic acids is 1. The highest BCUT2D eigenvalue weighted by atomic mass is 19.1. The molecule has 2 heterocycles. The second-order valence-electron chi connectivity index (χ2n) is 8.25. The number of hydrogen-bond acceptors (Lipinski definition) is 4. The van der Waals surface area contributed by atoms with Gasteiger partial charge in [0.1, 0.15) is 5.82 Å². The Labute approximate surface area is 182 Å². The molecule has 2 aromatic heterocycles. The first-order valence-corrected chi connectivity index (χ1v) is 10.9. The molecule has 0 radical (unpaired) electrons. The minimum absolute atomic E-state index is 0.0975. The third-order valence-corrected chi connectivity index (χ3v) is 6.48. The Morgan fingerprint density at radius 2 is 1.97 bits per heavy atom. The van der Waals surface area contributed by atoms with Crippen molar-refractivity contribution in [1.82, 2.24) is 15.3 Å². The molecule has 1 amide bonds. The number of nitrogens with one attached hydrogen (secondary N) is 1. The van der Waals surface area contributed by atoms with Crippen LogP contribution in [-0.4, -0.2) is 29.0 Å². The van der Waals surface area contributed by atoms with Gasteiger partial charge in [-0.15, -0.1) is 0 Å². The van der Waals surface area contributed by atoms with Crippen LogP contribution in [0.5, 0.6) is 5.88 Å². The molecule has 162 valence electrons. The Morgan fingerprint density at radius 3 is 2.65 bits per heavy atom. The predicted molar refractivity (Wildman–Crippen MR) is 119 cm³/mol. The summed E-state index contributed by atoms with van der Waals surface area (Å²) >= 11 is 0. The van der Waals surface area contributed by atoms with Gasteiger partial charge in [0.2, 0.25) is 5.88 Å². The van der Waals surface area contributed by atoms with E-state index in [0.29, 0.717) is 23.3 Å². The van der Waals surface area contributed by atoms with Crippen molar-refractivity contribution in [2.75, 3.05) is 7.11 Å². The van der Waals surface area contributed by atoms with Gasteiger partial charge in [0.05, 0.1) is 18.2 Å². The molecule has 0 unspecified atom stereocenters. The normalized spacial score (nSPS) is 19.7. The smallest absolute Gasteiger partial charge is 0.253 e. The van der Waals surface area contributed by atoms with Crippen LogP contribution in [0.1, 0.15) is 60.9 Å². The molecule has 3 aromatic rings. The lowest BCUT2D eigenvalue weighted by atomic mass is 9.75. The fourth-order valence-corrected chi connectivity index (χ4v) is 4.77. The summed E-state index contributed by atoms with van der Waals surface area (Å²) in [5, 5.41) is 4.12. The van der Waals surface area contributed by atoms with Crippen LogP contribution in [0.4, 0.5) is 4.39 Å². The van der Waals surface area contributed by atoms with Crippen LogP contribution in [0.25, 0.3) is 10.9 Å². The molecular weight excluding hydrogens is 393 g/mol. The van der Waals surface area contributed by atoms with Crippen LogP contribution in [-0.2, 0) is 0 Å². The number of ether oxygens (including phenoxy) is 1. The molecular formula is C25H28FN3O2. The first kappa shape index (κ1) is 21.2. The first-order valence-electron chi connectivity index (χ1n) is 10.9. The molecule has 1 fully saturated rings. The van der Waals surface area contributed by atoms with Gasteiger partial charge in [-0.3, -0.25) is 9.78 Å². The molecule has 0 bridgehead atoms. The molecule has 1 aliphatic carbocycles. The topological polar surface area (TPSA) is 64.1 Å². The van der Waals surface area contributed by atoms with E-state index in [1.807, 2.05) is 12.3 Å². The number of carbonyl (C=O) groups is 1. The van der Waals surface area contributed by atoms with Crippen molar-refractivity contribution in [3.05, 3.63) is 65.7 Å². The van der Waals surface area contributed by atoms with Crippen molar-refractivity contribution in [1.29, 1.82) is 0 Å². The minimum atomic E-state index is -0.225. The van der Waals surface area contributed by atoms with Crippen molar-refractivity contribution in [2.24, 2.45) is 5.92 Å². The summed E-state index contributed by atoms with van der Waals surface area (Å²) in [6.07, 6.45) is 8.36. The zero-order chi connectivity index (χ0) is 21.8. The lowest BCUT2D eigenvalue weighted by molar-refractivity contribution is 0.0909. The van der Waals surface area contributed by atoms with Gasteiger partial charge in [-0.05, 0) is 79.8 Å². The Kier molecular flexibility index (Phi) is 6.44. The summed E-state index contributed by atoms with van der Waals surface area (Å²) in [7, 11) is 1.55. The fourth-order valence-electron chi connectivity index (χ4n) is 4.77. The lowest BCUT2D eigenvalue weighted by Gasteiger charge is -2.34. The highest BCUT2D eigenvalue weighted by molar-refractivity contribution is 5.94. The SMILES string of the molecule is CC[C@@H](NC(=O)c1ccc(OC)nc1)C1CCC(c2ccnc3ccc(F)cc23)CC1. The fraction of sp³-hybridized carbons (Fsp3) is 0.400. The van der Waals surface area contributed by atoms with Crippen LogP contribution in [0.15, 0.2) is 48.8 Å². The molecule has 0 saturated heterocycles. The number of nitrogens with zero attached hydrogens (tertiary/aromatic N) is 2. The van der Waals surface area contributed by atoms with Crippen LogP contribution in [0, 0.1) is 11.7 Å². The van der Waals surface area contributed by atoms with Crippen LogP contribution >= 0.6 is 0 Å². The predicted octanol–water partition coefficient (Wildman–Crippen LogP) is 5.26. The number of hydrogen-bond donors (Lipinski definition) is 1. The van der Waals surface area contributed by atoms with Gasteiger partial charge in [-0.2, -0.15) is 0 Å². The van der Waals surface area contributed by atoms with E-state index < -0.39 is 0 Å². The molecule has 4 rings (SSSR count). The summed E-state index contributed by atoms with van der Waals surface area (Å²) < 4.78 is 18.9. The Balaban J connectivity index is 1.41. The van der Waals surface area contributed by atoms with Crippen molar-refractivity contribution >= 4 is 16.8 Å². The van der Waals surface area contributed by atoms with Gasteiger partial charge in [0.25, 0.3) is 5.91 Å². The Hall–Kier alpha value is -3.02. The first-order chi connectivity index (χ1) is 15.1. The van der Waals surface area contributed by atoms with E-state index in [2.05, 4.69) is 22.2 Å². The molecule has 5 nitrogen and oxygen atoms in total. The van der Waals surface area contributed by atoms with Gasteiger partial charge >= 0.3 is 0 Å². The second kappa shape index (κ2) is 9.41. The highest BCUT2D eigenvalue weighted by Crippen LogP contribution is 2.39. The van der Waals surface area contributed by atoms with Crippen LogP contribution in [0.2, 0.25) is 0 Å². The zero-order valence-corrected chi connectivity index (χ0v) is 18.0. The molecule has 6 heteroatoms. The minimum Gasteiger partial charge on any atom is -0.481 e. The summed E-state index contributed by atoms with van der Waals surface area (Å²) in [6, 6.07) is 10.4. The maximum atomic E-state index is 13.8. The molecule has 1 aliphatic rings. The quantitative estimate of drug-likeness (QED) is 0.590. The standard InChI is InChI=1S/C25H28FN3O2/c1-3-22(29-25(30)18-8-11-24(31-2)28-15-18)17-6-4-16(5-7-17)20-12-13-27-23-10-9-19(26)14-21(20)23/h8-17,22H,3-7H2,1-2H3,(H,29,30)/t16?,17?,22-/m1/s1. The number of halogens is 1. The second-order valence-corrected chi connectivity index (χ2v) is 8.25. The van der Waals surface area contributed by atoms with Crippen molar-refractivity contribution < 1.29 is 13.9 Å². The van der Waals surface area contributed by atoms with E-state index in [-0.39, 0.29) is 17.8 Å². The van der Waals surface area contributed by atoms with Gasteiger partial charge in [0.15, 0.2) is 0 Å². The highest BCUT2D eigenvalue weighted by Gasteiger charge is 2.29. The van der Waals surface area contributed by atoms with Gasteiger partial charge in [-0.25, -0.2) is 9.37 Å². The molecule has 1 atom stereocenters. The summed E-state index contributed by atoms with van der Waals surface area (Å²) in [5.41, 5.74) is 2.57.